The van der Waals surface area contributed by atoms with E-state index in [-0.39, 0.29) is 0 Å². The molecule has 0 aliphatic heterocycles. The number of aliphatic hydroxyl groups excluding tert-OH is 1. The summed E-state index contributed by atoms with van der Waals surface area (Å²) in [5.74, 6) is 3.14. The summed E-state index contributed by atoms with van der Waals surface area (Å²) in [5.41, 5.74) is 0. The molecule has 1 rings (SSSR count). The normalized spacial score (nSPS) is 30.7. The molecule has 1 fully saturated rings. The van der Waals surface area contributed by atoms with E-state index in [1.807, 2.05) is 0 Å². The molecule has 2 heteroatoms. The van der Waals surface area contributed by atoms with Crippen molar-refractivity contribution in [3.8, 4) is 0 Å². The molecule has 0 aromatic heterocycles. The second kappa shape index (κ2) is 8.16. The minimum Gasteiger partial charge on any atom is -0.396 e. The van der Waals surface area contributed by atoms with Gasteiger partial charge in [0.1, 0.15) is 0 Å². The number of nitrogens with one attached hydrogen (secondary N) is 1. The van der Waals surface area contributed by atoms with Crippen molar-refractivity contribution in [2.24, 2.45) is 23.7 Å². The van der Waals surface area contributed by atoms with Gasteiger partial charge in [-0.15, -0.1) is 0 Å². The van der Waals surface area contributed by atoms with Crippen LogP contribution >= 0.6 is 0 Å². The van der Waals surface area contributed by atoms with Crippen LogP contribution < -0.4 is 5.32 Å². The Kier molecular flexibility index (Phi) is 7.25. The fourth-order valence-corrected chi connectivity index (χ4v) is 3.39. The van der Waals surface area contributed by atoms with Gasteiger partial charge in [0.2, 0.25) is 0 Å². The van der Waals surface area contributed by atoms with E-state index < -0.39 is 0 Å². The van der Waals surface area contributed by atoms with Crippen molar-refractivity contribution in [1.82, 2.24) is 5.32 Å². The first-order valence-electron chi connectivity index (χ1n) is 7.92. The molecule has 1 aliphatic rings. The maximum atomic E-state index is 9.06. The van der Waals surface area contributed by atoms with Crippen LogP contribution in [0.3, 0.4) is 0 Å². The van der Waals surface area contributed by atoms with Gasteiger partial charge in [0.15, 0.2) is 0 Å². The van der Waals surface area contributed by atoms with Gasteiger partial charge >= 0.3 is 0 Å². The van der Waals surface area contributed by atoms with Gasteiger partial charge in [-0.1, -0.05) is 40.5 Å². The minimum atomic E-state index is 0.328. The van der Waals surface area contributed by atoms with Crippen molar-refractivity contribution >= 4 is 0 Å². The highest BCUT2D eigenvalue weighted by Gasteiger charge is 2.30. The van der Waals surface area contributed by atoms with Gasteiger partial charge in [-0.3, -0.25) is 0 Å². The van der Waals surface area contributed by atoms with E-state index in [4.69, 9.17) is 5.11 Å². The standard InChI is InChI=1S/C16H33NO/c1-5-14(8-9-18)11-17-16-10-13(4)6-7-15(16)12(2)3/h12-18H,5-11H2,1-4H3. The van der Waals surface area contributed by atoms with E-state index in [2.05, 4.69) is 33.0 Å². The Morgan fingerprint density at radius 3 is 2.56 bits per heavy atom. The molecule has 18 heavy (non-hydrogen) atoms. The van der Waals surface area contributed by atoms with Crippen LogP contribution in [0, 0.1) is 23.7 Å². The second-order valence-electron chi connectivity index (χ2n) is 6.63. The van der Waals surface area contributed by atoms with Crippen LogP contribution in [0.1, 0.15) is 59.8 Å². The zero-order valence-corrected chi connectivity index (χ0v) is 12.8. The lowest BCUT2D eigenvalue weighted by Gasteiger charge is -2.38. The van der Waals surface area contributed by atoms with Crippen molar-refractivity contribution in [3.05, 3.63) is 0 Å². The first-order chi connectivity index (χ1) is 8.58. The third-order valence-corrected chi connectivity index (χ3v) is 4.81. The highest BCUT2D eigenvalue weighted by atomic mass is 16.3. The highest BCUT2D eigenvalue weighted by molar-refractivity contribution is 4.85. The van der Waals surface area contributed by atoms with Crippen molar-refractivity contribution in [1.29, 1.82) is 0 Å². The van der Waals surface area contributed by atoms with Gasteiger partial charge in [-0.25, -0.2) is 0 Å². The van der Waals surface area contributed by atoms with E-state index in [0.717, 1.165) is 30.7 Å². The van der Waals surface area contributed by atoms with Crippen LogP contribution in [0.15, 0.2) is 0 Å². The molecule has 0 amide bonds. The van der Waals surface area contributed by atoms with Crippen molar-refractivity contribution < 1.29 is 5.11 Å². The topological polar surface area (TPSA) is 32.3 Å². The third-order valence-electron chi connectivity index (χ3n) is 4.81. The van der Waals surface area contributed by atoms with Gasteiger partial charge in [0.25, 0.3) is 0 Å². The number of hydrogen-bond acceptors (Lipinski definition) is 2. The molecule has 4 unspecified atom stereocenters. The first-order valence-corrected chi connectivity index (χ1v) is 7.92. The fraction of sp³-hybridized carbons (Fsp3) is 1.00. The average Bonchev–Trinajstić information content (AvgIpc) is 2.34. The molecule has 0 aromatic rings. The van der Waals surface area contributed by atoms with E-state index in [1.54, 1.807) is 0 Å². The van der Waals surface area contributed by atoms with Crippen LogP contribution in [0.25, 0.3) is 0 Å². The fourth-order valence-electron chi connectivity index (χ4n) is 3.39. The molecule has 108 valence electrons. The summed E-state index contributed by atoms with van der Waals surface area (Å²) >= 11 is 0. The molecule has 2 N–H and O–H groups in total. The van der Waals surface area contributed by atoms with E-state index in [1.165, 1.54) is 25.7 Å². The molecule has 4 atom stereocenters. The average molecular weight is 255 g/mol. The predicted molar refractivity (Wildman–Crippen MR) is 78.6 cm³/mol. The lowest BCUT2D eigenvalue weighted by molar-refractivity contribution is 0.160. The van der Waals surface area contributed by atoms with Gasteiger partial charge in [0.05, 0.1) is 0 Å². The largest absolute Gasteiger partial charge is 0.396 e. The monoisotopic (exact) mass is 255 g/mol. The summed E-state index contributed by atoms with van der Waals surface area (Å²) in [6.07, 6.45) is 6.22. The molecule has 0 radical (unpaired) electrons. The molecular formula is C16H33NO. The first kappa shape index (κ1) is 16.0. The van der Waals surface area contributed by atoms with Gasteiger partial charge < -0.3 is 10.4 Å². The summed E-state index contributed by atoms with van der Waals surface area (Å²) < 4.78 is 0. The Bertz CT molecular complexity index is 217. The van der Waals surface area contributed by atoms with Crippen LogP contribution in [-0.2, 0) is 0 Å². The predicted octanol–water partition coefficient (Wildman–Crippen LogP) is 3.45. The van der Waals surface area contributed by atoms with Gasteiger partial charge in [0, 0.05) is 12.6 Å². The van der Waals surface area contributed by atoms with Crippen LogP contribution in [0.5, 0.6) is 0 Å². The van der Waals surface area contributed by atoms with Gasteiger partial charge in [-0.2, -0.15) is 0 Å². The van der Waals surface area contributed by atoms with Gasteiger partial charge in [-0.05, 0) is 49.5 Å². The maximum absolute atomic E-state index is 9.06. The lowest BCUT2D eigenvalue weighted by Crippen LogP contribution is -2.44. The summed E-state index contributed by atoms with van der Waals surface area (Å²) in [6, 6.07) is 0.696. The molecule has 1 saturated carbocycles. The smallest absolute Gasteiger partial charge is 0.0434 e. The molecular weight excluding hydrogens is 222 g/mol. The van der Waals surface area contributed by atoms with Crippen molar-refractivity contribution in [2.75, 3.05) is 13.2 Å². The highest BCUT2D eigenvalue weighted by Crippen LogP contribution is 2.33. The Morgan fingerprint density at radius 2 is 2.00 bits per heavy atom. The lowest BCUT2D eigenvalue weighted by atomic mass is 9.74. The Labute approximate surface area is 114 Å². The number of rotatable bonds is 7. The number of hydrogen-bond donors (Lipinski definition) is 2. The molecule has 0 saturated heterocycles. The van der Waals surface area contributed by atoms with Crippen molar-refractivity contribution in [3.63, 3.8) is 0 Å². The summed E-state index contributed by atoms with van der Waals surface area (Å²) in [6.45, 7) is 10.7. The zero-order valence-electron chi connectivity index (χ0n) is 12.8. The van der Waals surface area contributed by atoms with E-state index >= 15 is 0 Å². The SMILES string of the molecule is CCC(CCO)CNC1CC(C)CCC1C(C)C. The Morgan fingerprint density at radius 1 is 1.28 bits per heavy atom. The molecule has 0 bridgehead atoms. The molecule has 2 nitrogen and oxygen atoms in total. The van der Waals surface area contributed by atoms with Crippen LogP contribution in [0.2, 0.25) is 0 Å². The Hall–Kier alpha value is -0.0800. The van der Waals surface area contributed by atoms with E-state index in [9.17, 15) is 0 Å². The second-order valence-corrected chi connectivity index (χ2v) is 6.63. The minimum absolute atomic E-state index is 0.328. The third kappa shape index (κ3) is 4.89. The van der Waals surface area contributed by atoms with Crippen molar-refractivity contribution in [2.45, 2.75) is 65.8 Å². The quantitative estimate of drug-likeness (QED) is 0.730. The zero-order chi connectivity index (χ0) is 13.5. The summed E-state index contributed by atoms with van der Waals surface area (Å²) in [5, 5.41) is 12.9. The molecule has 0 heterocycles. The van der Waals surface area contributed by atoms with Crippen LogP contribution in [0.4, 0.5) is 0 Å². The summed E-state index contributed by atoms with van der Waals surface area (Å²) in [7, 11) is 0. The molecule has 1 aliphatic carbocycles. The summed E-state index contributed by atoms with van der Waals surface area (Å²) in [4.78, 5) is 0. The van der Waals surface area contributed by atoms with Crippen LogP contribution in [-0.4, -0.2) is 24.3 Å². The molecule has 0 spiro atoms. The van der Waals surface area contributed by atoms with E-state index in [0.29, 0.717) is 18.6 Å². The maximum Gasteiger partial charge on any atom is 0.0434 e. The molecule has 0 aromatic carbocycles. The Balaban J connectivity index is 2.45. The number of aliphatic hydroxyl groups is 1.